The zero-order valence-electron chi connectivity index (χ0n) is 56.5. The SMILES string of the molecule is CC/C=C\C/C=C\C/C=C\C/C=C\CCCCCCCCCCCCC(=O)NC(COC1OC(CO)C(OC2OC(CO)C(OC3OC(CO)C(O)C(O)C3O)C(O)C2O)C(O)C1O)C(O)/C=C/CC/C=C/CCCCCCCCCCCCCCCCCCCC. The minimum absolute atomic E-state index is 0.227. The molecular weight excluding hydrogens is 1180 g/mol. The zero-order chi connectivity index (χ0) is 66.8. The van der Waals surface area contributed by atoms with Gasteiger partial charge in [-0.05, 0) is 70.6 Å². The molecule has 0 aromatic heterocycles. The molecule has 3 aliphatic heterocycles. The molecule has 0 bridgehead atoms. The monoisotopic (exact) mass is 1310 g/mol. The van der Waals surface area contributed by atoms with E-state index in [0.29, 0.717) is 12.8 Å². The molecule has 534 valence electrons. The van der Waals surface area contributed by atoms with Gasteiger partial charge in [0.05, 0.1) is 38.6 Å². The van der Waals surface area contributed by atoms with Crippen LogP contribution in [-0.4, -0.2) is 193 Å². The van der Waals surface area contributed by atoms with Gasteiger partial charge in [0, 0.05) is 6.42 Å². The van der Waals surface area contributed by atoms with E-state index in [4.69, 9.17) is 28.4 Å². The number of ether oxygens (including phenoxy) is 6. The fraction of sp³-hybridized carbons (Fsp3) is 0.822. The summed E-state index contributed by atoms with van der Waals surface area (Å²) in [6, 6.07) is -0.997. The molecule has 3 rings (SSSR count). The van der Waals surface area contributed by atoms with Crippen molar-refractivity contribution in [2.75, 3.05) is 26.4 Å². The van der Waals surface area contributed by atoms with Crippen molar-refractivity contribution in [3.8, 4) is 0 Å². The van der Waals surface area contributed by atoms with Gasteiger partial charge in [0.1, 0.15) is 73.2 Å². The Morgan fingerprint density at radius 2 is 0.761 bits per heavy atom. The maximum absolute atomic E-state index is 13.4. The lowest BCUT2D eigenvalue weighted by molar-refractivity contribution is -0.379. The first kappa shape index (κ1) is 83.5. The lowest BCUT2D eigenvalue weighted by atomic mass is 9.96. The van der Waals surface area contributed by atoms with Crippen LogP contribution < -0.4 is 5.32 Å². The van der Waals surface area contributed by atoms with Crippen molar-refractivity contribution in [3.05, 3.63) is 72.9 Å². The number of allylic oxidation sites excluding steroid dienone is 11. The molecule has 3 aliphatic rings. The second-order valence-corrected chi connectivity index (χ2v) is 25.7. The van der Waals surface area contributed by atoms with Crippen molar-refractivity contribution in [1.82, 2.24) is 5.32 Å². The number of nitrogens with one attached hydrogen (secondary N) is 1. The molecule has 3 heterocycles. The standard InChI is InChI=1S/C73H129NO18/c1-3-5-7-9-11-13-15-17-19-21-23-25-27-29-30-32-34-36-38-40-42-44-46-48-50-57(78)56(74-61(79)51-49-47-45-43-41-39-37-35-33-31-28-26-24-22-20-18-16-14-12-10-8-6-4-2)55-87-71-67(85)64(82)69(59(53-76)89-71)92-73-68(86)65(83)70(60(54-77)90-73)91-72-66(84)63(81)62(80)58(52-75)88-72/h6,8,12,14,18,20,24,26,40,42,48,50,56-60,62-73,75-78,80-86H,3-5,7,9-11,13,15-17,19,21-23,25,27-39,41,43-47,49,51-55H2,1-2H3,(H,74,79)/b8-6-,14-12-,20-18-,26-24-,42-40+,50-48+. The van der Waals surface area contributed by atoms with Crippen molar-refractivity contribution in [2.24, 2.45) is 0 Å². The van der Waals surface area contributed by atoms with Crippen LogP contribution in [0.2, 0.25) is 0 Å². The van der Waals surface area contributed by atoms with E-state index in [1.54, 1.807) is 6.08 Å². The smallest absolute Gasteiger partial charge is 0.220 e. The highest BCUT2D eigenvalue weighted by Gasteiger charge is 2.53. The fourth-order valence-corrected chi connectivity index (χ4v) is 11.9. The molecule has 17 unspecified atom stereocenters. The van der Waals surface area contributed by atoms with E-state index in [1.807, 2.05) is 6.08 Å². The summed E-state index contributed by atoms with van der Waals surface area (Å²) >= 11 is 0. The van der Waals surface area contributed by atoms with E-state index < -0.39 is 124 Å². The Labute approximate surface area is 553 Å². The average Bonchev–Trinajstić information content (AvgIpc) is 0.838. The second kappa shape index (κ2) is 54.3. The van der Waals surface area contributed by atoms with Crippen LogP contribution in [0.4, 0.5) is 0 Å². The molecule has 19 nitrogen and oxygen atoms in total. The molecule has 0 aromatic carbocycles. The van der Waals surface area contributed by atoms with Crippen LogP contribution in [0.3, 0.4) is 0 Å². The lowest BCUT2D eigenvalue weighted by Crippen LogP contribution is -2.66. The van der Waals surface area contributed by atoms with Crippen molar-refractivity contribution < 1.29 is 89.4 Å². The van der Waals surface area contributed by atoms with Crippen LogP contribution in [0.5, 0.6) is 0 Å². The third-order valence-corrected chi connectivity index (χ3v) is 17.7. The van der Waals surface area contributed by atoms with E-state index in [1.165, 1.54) is 141 Å². The van der Waals surface area contributed by atoms with Gasteiger partial charge in [-0.1, -0.05) is 247 Å². The highest BCUT2D eigenvalue weighted by molar-refractivity contribution is 5.76. The van der Waals surface area contributed by atoms with Crippen molar-refractivity contribution in [2.45, 2.75) is 356 Å². The van der Waals surface area contributed by atoms with Gasteiger partial charge >= 0.3 is 0 Å². The Balaban J connectivity index is 1.44. The fourth-order valence-electron chi connectivity index (χ4n) is 11.9. The van der Waals surface area contributed by atoms with Crippen molar-refractivity contribution in [3.63, 3.8) is 0 Å². The molecule has 17 atom stereocenters. The first-order chi connectivity index (χ1) is 44.8. The molecule has 0 aliphatic carbocycles. The third-order valence-electron chi connectivity index (χ3n) is 17.7. The average molecular weight is 1310 g/mol. The Bertz CT molecular complexity index is 1950. The largest absolute Gasteiger partial charge is 0.394 e. The maximum Gasteiger partial charge on any atom is 0.220 e. The molecule has 19 heteroatoms. The van der Waals surface area contributed by atoms with E-state index in [9.17, 15) is 61.0 Å². The van der Waals surface area contributed by atoms with Crippen molar-refractivity contribution in [1.29, 1.82) is 0 Å². The Kier molecular flexibility index (Phi) is 49.2. The van der Waals surface area contributed by atoms with Crippen LogP contribution in [0.1, 0.15) is 251 Å². The summed E-state index contributed by atoms with van der Waals surface area (Å²) in [5.41, 5.74) is 0. The number of unbranched alkanes of at least 4 members (excludes halogenated alkanes) is 29. The van der Waals surface area contributed by atoms with Gasteiger partial charge in [0.2, 0.25) is 5.91 Å². The molecule has 0 saturated carbocycles. The van der Waals surface area contributed by atoms with E-state index >= 15 is 0 Å². The number of aliphatic hydroxyl groups excluding tert-OH is 11. The summed E-state index contributed by atoms with van der Waals surface area (Å²) in [5.74, 6) is -0.291. The number of carbonyl (C=O) groups is 1. The highest BCUT2D eigenvalue weighted by Crippen LogP contribution is 2.33. The van der Waals surface area contributed by atoms with Gasteiger partial charge in [0.25, 0.3) is 0 Å². The van der Waals surface area contributed by atoms with Gasteiger partial charge in [-0.2, -0.15) is 0 Å². The van der Waals surface area contributed by atoms with Gasteiger partial charge in [-0.15, -0.1) is 0 Å². The summed E-state index contributed by atoms with van der Waals surface area (Å²) in [6.45, 7) is 1.61. The number of aliphatic hydroxyl groups is 11. The summed E-state index contributed by atoms with van der Waals surface area (Å²) in [5, 5.41) is 121. The number of carbonyl (C=O) groups excluding carboxylic acids is 1. The van der Waals surface area contributed by atoms with Gasteiger partial charge in [0.15, 0.2) is 18.9 Å². The minimum Gasteiger partial charge on any atom is -0.394 e. The lowest BCUT2D eigenvalue weighted by Gasteiger charge is -2.48. The Morgan fingerprint density at radius 1 is 0.402 bits per heavy atom. The Hall–Kier alpha value is -2.77. The normalized spacial score (nSPS) is 28.1. The van der Waals surface area contributed by atoms with E-state index in [2.05, 4.69) is 79.9 Å². The Morgan fingerprint density at radius 3 is 1.22 bits per heavy atom. The molecule has 0 radical (unpaired) electrons. The van der Waals surface area contributed by atoms with Gasteiger partial charge in [-0.3, -0.25) is 4.79 Å². The van der Waals surface area contributed by atoms with E-state index in [0.717, 1.165) is 77.0 Å². The van der Waals surface area contributed by atoms with Crippen LogP contribution >= 0.6 is 0 Å². The molecule has 92 heavy (non-hydrogen) atoms. The number of amides is 1. The summed E-state index contributed by atoms with van der Waals surface area (Å²) in [6.07, 6.45) is 41.6. The number of rotatable bonds is 55. The zero-order valence-corrected chi connectivity index (χ0v) is 56.5. The molecule has 0 aromatic rings. The van der Waals surface area contributed by atoms with Crippen LogP contribution in [-0.2, 0) is 33.2 Å². The quantitative estimate of drug-likeness (QED) is 0.0199. The molecule has 12 N–H and O–H groups in total. The number of hydrogen-bond acceptors (Lipinski definition) is 18. The number of hydrogen-bond donors (Lipinski definition) is 12. The van der Waals surface area contributed by atoms with Crippen LogP contribution in [0, 0.1) is 0 Å². The van der Waals surface area contributed by atoms with Crippen LogP contribution in [0.25, 0.3) is 0 Å². The summed E-state index contributed by atoms with van der Waals surface area (Å²) in [7, 11) is 0. The molecular formula is C73H129NO18. The highest BCUT2D eigenvalue weighted by atomic mass is 16.8. The second-order valence-electron chi connectivity index (χ2n) is 25.7. The van der Waals surface area contributed by atoms with Crippen LogP contribution in [0.15, 0.2) is 72.9 Å². The molecule has 3 fully saturated rings. The topological polar surface area (TPSA) is 307 Å². The maximum atomic E-state index is 13.4. The molecule has 0 spiro atoms. The predicted octanol–water partition coefficient (Wildman–Crippen LogP) is 10.1. The minimum atomic E-state index is -1.98. The molecule has 1 amide bonds. The first-order valence-corrected chi connectivity index (χ1v) is 36.2. The predicted molar refractivity (Wildman–Crippen MR) is 360 cm³/mol. The summed E-state index contributed by atoms with van der Waals surface area (Å²) < 4.78 is 34.4. The van der Waals surface area contributed by atoms with E-state index in [-0.39, 0.29) is 18.9 Å². The van der Waals surface area contributed by atoms with Gasteiger partial charge < -0.3 is 89.9 Å². The first-order valence-electron chi connectivity index (χ1n) is 36.2. The van der Waals surface area contributed by atoms with Gasteiger partial charge in [-0.25, -0.2) is 0 Å². The van der Waals surface area contributed by atoms with Crippen molar-refractivity contribution >= 4 is 5.91 Å². The molecule has 3 saturated heterocycles. The summed E-state index contributed by atoms with van der Waals surface area (Å²) in [4.78, 5) is 13.4. The third kappa shape index (κ3) is 35.5.